The van der Waals surface area contributed by atoms with Crippen molar-refractivity contribution in [3.8, 4) is 17.0 Å². The highest BCUT2D eigenvalue weighted by atomic mass is 32.2. The molecule has 1 fully saturated rings. The van der Waals surface area contributed by atoms with Crippen LogP contribution in [0.1, 0.15) is 0 Å². The molecule has 1 aliphatic rings. The Hall–Kier alpha value is -2.46. The molecular weight excluding hydrogens is 381 g/mol. The van der Waals surface area contributed by atoms with E-state index in [-0.39, 0.29) is 5.75 Å². The first-order valence-corrected chi connectivity index (χ1v) is 9.69. The quantitative estimate of drug-likeness (QED) is 0.637. The molecule has 0 atom stereocenters. The first-order valence-electron chi connectivity index (χ1n) is 8.20. The fourth-order valence-electron chi connectivity index (χ4n) is 2.95. The van der Waals surface area contributed by atoms with E-state index < -0.39 is 17.5 Å². The van der Waals surface area contributed by atoms with Gasteiger partial charge in [0, 0.05) is 5.56 Å². The Morgan fingerprint density at radius 3 is 2.63 bits per heavy atom. The highest BCUT2D eigenvalue weighted by Gasteiger charge is 2.31. The Labute approximate surface area is 155 Å². The molecule has 1 aromatic carbocycles. The fourth-order valence-corrected chi connectivity index (χ4v) is 4.00. The number of alkyl halides is 3. The van der Waals surface area contributed by atoms with Gasteiger partial charge in [0.05, 0.1) is 25.0 Å². The lowest BCUT2D eigenvalue weighted by Gasteiger charge is -2.28. The molecule has 0 radical (unpaired) electrons. The minimum atomic E-state index is -4.75. The maximum absolute atomic E-state index is 12.5. The number of nitrogens with zero attached hydrogens (tertiary/aromatic N) is 4. The summed E-state index contributed by atoms with van der Waals surface area (Å²) >= 11 is -0.794. The third kappa shape index (κ3) is 3.96. The fraction of sp³-hybridized carbons (Fsp3) is 0.294. The molecule has 27 heavy (non-hydrogen) atoms. The predicted molar refractivity (Wildman–Crippen MR) is 95.2 cm³/mol. The molecule has 0 aliphatic carbocycles. The van der Waals surface area contributed by atoms with Crippen molar-refractivity contribution in [3.63, 3.8) is 0 Å². The monoisotopic (exact) mass is 396 g/mol. The van der Waals surface area contributed by atoms with Crippen LogP contribution in [-0.2, 0) is 11.2 Å². The lowest BCUT2D eigenvalue weighted by Crippen LogP contribution is -2.40. The van der Waals surface area contributed by atoms with Gasteiger partial charge >= 0.3 is 6.36 Å². The first kappa shape index (κ1) is 17.9. The van der Waals surface area contributed by atoms with Crippen LogP contribution in [-0.4, -0.2) is 50.1 Å². The van der Waals surface area contributed by atoms with E-state index in [1.807, 2.05) is 11.0 Å². The van der Waals surface area contributed by atoms with Gasteiger partial charge in [-0.25, -0.2) is 9.50 Å². The van der Waals surface area contributed by atoms with Crippen molar-refractivity contribution in [2.75, 3.05) is 29.5 Å². The molecule has 3 heterocycles. The summed E-state index contributed by atoms with van der Waals surface area (Å²) in [6.07, 6.45) is -3.19. The number of hydrogen-bond acceptors (Lipinski definition) is 5. The topological polar surface area (TPSA) is 65.7 Å². The van der Waals surface area contributed by atoms with Crippen LogP contribution in [0.4, 0.5) is 19.0 Å². The summed E-state index contributed by atoms with van der Waals surface area (Å²) in [5.41, 5.74) is 1.64. The van der Waals surface area contributed by atoms with E-state index in [9.17, 15) is 17.7 Å². The molecule has 10 heteroatoms. The van der Waals surface area contributed by atoms with Gasteiger partial charge in [-0.3, -0.25) is 0 Å². The van der Waals surface area contributed by atoms with Crippen molar-refractivity contribution in [1.29, 1.82) is 0 Å². The first-order chi connectivity index (χ1) is 12.9. The van der Waals surface area contributed by atoms with Crippen LogP contribution in [0.5, 0.6) is 5.75 Å². The number of benzene rings is 1. The zero-order valence-electron chi connectivity index (χ0n) is 14.0. The number of aromatic nitrogens is 3. The van der Waals surface area contributed by atoms with Crippen molar-refractivity contribution >= 4 is 22.6 Å². The van der Waals surface area contributed by atoms with E-state index in [4.69, 9.17) is 0 Å². The molecule has 4 rings (SSSR count). The zero-order valence-corrected chi connectivity index (χ0v) is 14.8. The van der Waals surface area contributed by atoms with Crippen molar-refractivity contribution in [3.05, 3.63) is 42.6 Å². The number of hydrogen-bond donors (Lipinski definition) is 0. The number of rotatable bonds is 3. The van der Waals surface area contributed by atoms with Gasteiger partial charge in [0.15, 0.2) is 5.65 Å². The molecule has 6 nitrogen and oxygen atoms in total. The second kappa shape index (κ2) is 6.93. The number of fused-ring (bicyclic) bond motifs is 1. The van der Waals surface area contributed by atoms with E-state index >= 15 is 0 Å². The highest BCUT2D eigenvalue weighted by molar-refractivity contribution is 7.91. The lowest BCUT2D eigenvalue weighted by atomic mass is 10.1. The molecule has 2 aromatic heterocycles. The Kier molecular flexibility index (Phi) is 4.60. The van der Waals surface area contributed by atoms with E-state index in [1.54, 1.807) is 22.8 Å². The van der Waals surface area contributed by atoms with E-state index in [0.717, 1.165) is 0 Å². The van der Waals surface area contributed by atoms with Crippen LogP contribution in [0.15, 0.2) is 42.6 Å². The van der Waals surface area contributed by atoms with Gasteiger partial charge < -0.3 is 14.2 Å². The van der Waals surface area contributed by atoms with Gasteiger partial charge in [0.25, 0.3) is 0 Å². The molecule has 1 aliphatic heterocycles. The van der Waals surface area contributed by atoms with Crippen LogP contribution in [0.3, 0.4) is 0 Å². The van der Waals surface area contributed by atoms with Gasteiger partial charge in [-0.1, -0.05) is 23.3 Å². The van der Waals surface area contributed by atoms with Gasteiger partial charge in [-0.2, -0.15) is 0 Å². The van der Waals surface area contributed by atoms with Crippen LogP contribution >= 0.6 is 0 Å². The minimum Gasteiger partial charge on any atom is -0.616 e. The van der Waals surface area contributed by atoms with Crippen molar-refractivity contribution in [2.24, 2.45) is 0 Å². The van der Waals surface area contributed by atoms with Crippen molar-refractivity contribution < 1.29 is 22.5 Å². The molecule has 0 saturated carbocycles. The second-order valence-corrected chi connectivity index (χ2v) is 7.71. The normalized spacial score (nSPS) is 16.1. The Morgan fingerprint density at radius 1 is 1.11 bits per heavy atom. The van der Waals surface area contributed by atoms with Crippen LogP contribution < -0.4 is 9.64 Å². The van der Waals surface area contributed by atoms with Crippen molar-refractivity contribution in [2.45, 2.75) is 6.36 Å². The molecule has 0 spiro atoms. The zero-order chi connectivity index (χ0) is 19.0. The molecule has 0 amide bonds. The summed E-state index contributed by atoms with van der Waals surface area (Å²) in [5.74, 6) is 1.59. The average Bonchev–Trinajstić information content (AvgIpc) is 3.04. The van der Waals surface area contributed by atoms with Crippen LogP contribution in [0.2, 0.25) is 0 Å². The third-order valence-corrected chi connectivity index (χ3v) is 5.49. The number of ether oxygens (including phenoxy) is 1. The number of imidazole rings is 1. The average molecular weight is 396 g/mol. The molecule has 142 valence electrons. The summed E-state index contributed by atoms with van der Waals surface area (Å²) in [4.78, 5) is 6.30. The van der Waals surface area contributed by atoms with Gasteiger partial charge in [-0.15, -0.1) is 18.3 Å². The molecule has 1 saturated heterocycles. The molecule has 0 N–H and O–H groups in total. The van der Waals surface area contributed by atoms with E-state index in [0.29, 0.717) is 47.3 Å². The van der Waals surface area contributed by atoms with E-state index in [1.165, 1.54) is 18.2 Å². The Bertz CT molecular complexity index is 955. The van der Waals surface area contributed by atoms with Crippen LogP contribution in [0.25, 0.3) is 16.9 Å². The SMILES string of the molecule is [O-][S+]1CCN(c2ccc3ncc(-c4cccc(OC(F)(F)F)c4)n3n2)CC1. The molecule has 0 unspecified atom stereocenters. The summed E-state index contributed by atoms with van der Waals surface area (Å²) in [6, 6.07) is 9.34. The number of halogens is 3. The van der Waals surface area contributed by atoms with Gasteiger partial charge in [0.2, 0.25) is 0 Å². The van der Waals surface area contributed by atoms with Crippen LogP contribution in [0, 0.1) is 0 Å². The third-order valence-electron chi connectivity index (χ3n) is 4.21. The lowest BCUT2D eigenvalue weighted by molar-refractivity contribution is -0.274. The summed E-state index contributed by atoms with van der Waals surface area (Å²) in [5, 5.41) is 4.58. The maximum atomic E-state index is 12.5. The number of anilines is 1. The Balaban J connectivity index is 1.68. The molecule has 3 aromatic rings. The highest BCUT2D eigenvalue weighted by Crippen LogP contribution is 2.28. The molecule has 0 bridgehead atoms. The molecular formula is C17H15F3N4O2S. The van der Waals surface area contributed by atoms with Gasteiger partial charge in [-0.05, 0) is 24.3 Å². The summed E-state index contributed by atoms with van der Waals surface area (Å²) in [7, 11) is 0. The standard InChI is InChI=1S/C17H15F3N4O2S/c18-17(19,20)26-13-3-1-2-12(10-13)14-11-21-15-4-5-16(22-24(14)15)23-6-8-27(25)9-7-23/h1-5,10-11H,6-9H2. The smallest absolute Gasteiger partial charge is 0.573 e. The van der Waals surface area contributed by atoms with Crippen molar-refractivity contribution in [1.82, 2.24) is 14.6 Å². The minimum absolute atomic E-state index is 0.301. The summed E-state index contributed by atoms with van der Waals surface area (Å²) < 4.78 is 54.5. The Morgan fingerprint density at radius 2 is 1.89 bits per heavy atom. The van der Waals surface area contributed by atoms with E-state index in [2.05, 4.69) is 14.8 Å². The predicted octanol–water partition coefficient (Wildman–Crippen LogP) is 2.86. The summed E-state index contributed by atoms with van der Waals surface area (Å²) in [6.45, 7) is 1.29. The van der Waals surface area contributed by atoms with Gasteiger partial charge in [0.1, 0.15) is 23.1 Å². The second-order valence-electron chi connectivity index (χ2n) is 6.02. The largest absolute Gasteiger partial charge is 0.616 e. The maximum Gasteiger partial charge on any atom is 0.573 e.